The highest BCUT2D eigenvalue weighted by Gasteiger charge is 2.58. The van der Waals surface area contributed by atoms with E-state index in [4.69, 9.17) is 25.4 Å². The van der Waals surface area contributed by atoms with Crippen molar-refractivity contribution in [2.24, 2.45) is 0 Å². The summed E-state index contributed by atoms with van der Waals surface area (Å²) >= 11 is 0. The lowest BCUT2D eigenvalue weighted by molar-refractivity contribution is -0.264. The van der Waals surface area contributed by atoms with Crippen LogP contribution in [0.2, 0.25) is 0 Å². The third kappa shape index (κ3) is 5.44. The van der Waals surface area contributed by atoms with Crippen LogP contribution in [0, 0.1) is 24.2 Å². The topological polar surface area (TPSA) is 126 Å². The summed E-state index contributed by atoms with van der Waals surface area (Å²) in [4.78, 5) is 50.2. The van der Waals surface area contributed by atoms with Crippen molar-refractivity contribution in [1.82, 2.24) is 9.55 Å². The van der Waals surface area contributed by atoms with E-state index >= 15 is 0 Å². The van der Waals surface area contributed by atoms with Crippen LogP contribution in [0.25, 0.3) is 0 Å². The van der Waals surface area contributed by atoms with Crippen LogP contribution < -0.4 is 11.2 Å². The molecule has 1 aliphatic heterocycles. The maximum Gasteiger partial charge on any atom is 0.330 e. The second kappa shape index (κ2) is 10.7. The molecule has 10 heteroatoms. The highest BCUT2D eigenvalue weighted by molar-refractivity contribution is 5.67. The van der Waals surface area contributed by atoms with Gasteiger partial charge in [-0.25, -0.2) is 4.79 Å². The van der Waals surface area contributed by atoms with Crippen molar-refractivity contribution in [3.8, 4) is 24.2 Å². The highest BCUT2D eigenvalue weighted by Crippen LogP contribution is 2.38. The number of aromatic amines is 1. The summed E-state index contributed by atoms with van der Waals surface area (Å²) in [5.74, 6) is 6.81. The average Bonchev–Trinajstić information content (AvgIpc) is 2.79. The molecule has 0 spiro atoms. The minimum Gasteiger partial charge on any atom is -0.456 e. The lowest BCUT2D eigenvalue weighted by atomic mass is 9.86. The number of carbonyl (C=O) groups excluding carboxylic acids is 2. The Balaban J connectivity index is 2.24. The molecule has 1 fully saturated rings. The summed E-state index contributed by atoms with van der Waals surface area (Å²) in [5, 5.41) is 0. The van der Waals surface area contributed by atoms with E-state index in [2.05, 4.69) is 22.7 Å². The minimum atomic E-state index is -1.82. The van der Waals surface area contributed by atoms with E-state index in [-0.39, 0.29) is 13.2 Å². The summed E-state index contributed by atoms with van der Waals surface area (Å²) in [6, 6.07) is 9.96. The molecule has 1 aromatic carbocycles. The molecule has 0 unspecified atom stereocenters. The number of nitrogens with one attached hydrogen (secondary N) is 1. The summed E-state index contributed by atoms with van der Waals surface area (Å²) in [6.45, 7) is 1.78. The van der Waals surface area contributed by atoms with Gasteiger partial charge in [0.25, 0.3) is 5.56 Å². The molecule has 2 aromatic rings. The fourth-order valence-electron chi connectivity index (χ4n) is 3.51. The molecule has 3 rings (SSSR count). The van der Waals surface area contributed by atoms with Crippen LogP contribution in [0.15, 0.2) is 52.2 Å². The molecule has 1 aromatic heterocycles. The Hall–Kier alpha value is -4.12. The van der Waals surface area contributed by atoms with Crippen LogP contribution in [-0.2, 0) is 28.5 Å². The molecule has 176 valence electrons. The van der Waals surface area contributed by atoms with Crippen LogP contribution >= 0.6 is 0 Å². The van der Waals surface area contributed by atoms with Crippen LogP contribution in [-0.4, -0.2) is 52.5 Å². The number of carbonyl (C=O) groups is 2. The Morgan fingerprint density at radius 1 is 1.18 bits per heavy atom. The summed E-state index contributed by atoms with van der Waals surface area (Å²) in [7, 11) is 0. The number of hydrogen-bond donors (Lipinski definition) is 1. The van der Waals surface area contributed by atoms with E-state index in [0.717, 1.165) is 17.6 Å². The SMILES string of the molecule is C#CCO[C@]1(C#Cc2ccccc2)[C@H](OC(C)=O)CO[C@@H](n2ccc(=O)[nH]c2=O)[C@@H]1OC(C)=O. The first-order valence-corrected chi connectivity index (χ1v) is 10.2. The zero-order valence-electron chi connectivity index (χ0n) is 18.5. The average molecular weight is 466 g/mol. The van der Waals surface area contributed by atoms with Gasteiger partial charge in [-0.15, -0.1) is 6.42 Å². The third-order valence-electron chi connectivity index (χ3n) is 4.88. The molecule has 0 bridgehead atoms. The molecule has 0 aliphatic carbocycles. The van der Waals surface area contributed by atoms with Crippen molar-refractivity contribution in [3.63, 3.8) is 0 Å². The number of hydrogen-bond acceptors (Lipinski definition) is 8. The first-order chi connectivity index (χ1) is 16.3. The van der Waals surface area contributed by atoms with Gasteiger partial charge >= 0.3 is 17.6 Å². The summed E-state index contributed by atoms with van der Waals surface area (Å²) < 4.78 is 23.8. The van der Waals surface area contributed by atoms with Crippen molar-refractivity contribution in [2.45, 2.75) is 37.9 Å². The highest BCUT2D eigenvalue weighted by atomic mass is 16.6. The number of rotatable bonds is 5. The normalized spacial score (nSPS) is 23.6. The maximum atomic E-state index is 12.5. The van der Waals surface area contributed by atoms with Gasteiger partial charge in [-0.2, -0.15) is 0 Å². The first-order valence-electron chi connectivity index (χ1n) is 10.2. The standard InChI is InChI=1S/C24H22N2O8/c1-4-14-32-24(12-10-18-8-6-5-7-9-18)19(33-16(2)27)15-31-22(21(24)34-17(3)28)26-13-11-20(29)25-23(26)30/h1,5-9,11,13,19,21-22H,14-15H2,2-3H3,(H,25,29,30)/t19-,21+,22-,24-/m1/s1. The van der Waals surface area contributed by atoms with Gasteiger partial charge < -0.3 is 18.9 Å². The lowest BCUT2D eigenvalue weighted by Gasteiger charge is -2.47. The van der Waals surface area contributed by atoms with Gasteiger partial charge in [-0.1, -0.05) is 36.0 Å². The number of esters is 2. The third-order valence-corrected chi connectivity index (χ3v) is 4.88. The summed E-state index contributed by atoms with van der Waals surface area (Å²) in [6.07, 6.45) is 2.73. The van der Waals surface area contributed by atoms with Crippen LogP contribution in [0.1, 0.15) is 25.6 Å². The van der Waals surface area contributed by atoms with Gasteiger partial charge in [0.2, 0.25) is 5.60 Å². The molecule has 0 amide bonds. The van der Waals surface area contributed by atoms with Gasteiger partial charge in [0.1, 0.15) is 6.61 Å². The van der Waals surface area contributed by atoms with E-state index in [9.17, 15) is 19.2 Å². The van der Waals surface area contributed by atoms with Crippen molar-refractivity contribution >= 4 is 11.9 Å². The van der Waals surface area contributed by atoms with Crippen molar-refractivity contribution < 1.29 is 28.5 Å². The van der Waals surface area contributed by atoms with Crippen molar-refractivity contribution in [2.75, 3.05) is 13.2 Å². The number of H-pyrrole nitrogens is 1. The van der Waals surface area contributed by atoms with Crippen LogP contribution in [0.4, 0.5) is 0 Å². The number of benzene rings is 1. The van der Waals surface area contributed by atoms with E-state index in [1.807, 2.05) is 6.07 Å². The molecule has 2 heterocycles. The smallest absolute Gasteiger partial charge is 0.330 e. The molecule has 0 radical (unpaired) electrons. The van der Waals surface area contributed by atoms with Gasteiger partial charge in [0.05, 0.1) is 6.61 Å². The second-order valence-corrected chi connectivity index (χ2v) is 7.27. The molecule has 0 saturated carbocycles. The van der Waals surface area contributed by atoms with Crippen LogP contribution in [0.5, 0.6) is 0 Å². The number of terminal acetylenes is 1. The number of nitrogens with zero attached hydrogens (tertiary/aromatic N) is 1. The van der Waals surface area contributed by atoms with E-state index in [0.29, 0.717) is 5.56 Å². The van der Waals surface area contributed by atoms with Crippen molar-refractivity contribution in [1.29, 1.82) is 0 Å². The molecule has 4 atom stereocenters. The zero-order chi connectivity index (χ0) is 24.7. The minimum absolute atomic E-state index is 0.276. The summed E-state index contributed by atoms with van der Waals surface area (Å²) in [5.41, 5.74) is -2.67. The van der Waals surface area contributed by atoms with E-state index in [1.165, 1.54) is 13.1 Å². The Morgan fingerprint density at radius 2 is 1.88 bits per heavy atom. The molecule has 1 aliphatic rings. The predicted octanol–water partition coefficient (Wildman–Crippen LogP) is 0.369. The monoisotopic (exact) mass is 466 g/mol. The number of ether oxygens (including phenoxy) is 4. The maximum absolute atomic E-state index is 12.5. The Morgan fingerprint density at radius 3 is 2.50 bits per heavy atom. The lowest BCUT2D eigenvalue weighted by Crippen LogP contribution is -2.65. The molecular formula is C24H22N2O8. The second-order valence-electron chi connectivity index (χ2n) is 7.27. The quantitative estimate of drug-likeness (QED) is 0.495. The molecule has 10 nitrogen and oxygen atoms in total. The molecule has 1 saturated heterocycles. The fourth-order valence-corrected chi connectivity index (χ4v) is 3.51. The largest absolute Gasteiger partial charge is 0.456 e. The van der Waals surface area contributed by atoms with E-state index in [1.54, 1.807) is 24.3 Å². The van der Waals surface area contributed by atoms with Crippen molar-refractivity contribution in [3.05, 3.63) is 69.0 Å². The van der Waals surface area contributed by atoms with Gasteiger partial charge in [0.15, 0.2) is 18.4 Å². The molecule has 34 heavy (non-hydrogen) atoms. The molecular weight excluding hydrogens is 444 g/mol. The van der Waals surface area contributed by atoms with Gasteiger partial charge in [-0.3, -0.25) is 23.9 Å². The zero-order valence-corrected chi connectivity index (χ0v) is 18.5. The van der Waals surface area contributed by atoms with Gasteiger partial charge in [0, 0.05) is 31.7 Å². The molecule has 1 N–H and O–H groups in total. The fraction of sp³-hybridized carbons (Fsp3) is 0.333. The van der Waals surface area contributed by atoms with E-state index < -0.39 is 47.2 Å². The number of aromatic nitrogens is 2. The Bertz CT molecular complexity index is 1260. The Labute approximate surface area is 194 Å². The van der Waals surface area contributed by atoms with Gasteiger partial charge in [-0.05, 0) is 12.1 Å². The Kier molecular flexibility index (Phi) is 7.69. The first kappa shape index (κ1) is 24.5. The van der Waals surface area contributed by atoms with Crippen LogP contribution in [0.3, 0.4) is 0 Å². The predicted molar refractivity (Wildman–Crippen MR) is 118 cm³/mol.